The lowest BCUT2D eigenvalue weighted by molar-refractivity contribution is 0.714. The quantitative estimate of drug-likeness (QED) is 0.130. The fourth-order valence-corrected chi connectivity index (χ4v) is 11.6. The summed E-state index contributed by atoms with van der Waals surface area (Å²) in [5.74, 6) is 0. The molecule has 1 unspecified atom stereocenters. The molecular formula is C70H49N. The van der Waals surface area contributed by atoms with Crippen molar-refractivity contribution in [2.75, 3.05) is 4.90 Å². The monoisotopic (exact) mass is 903 g/mol. The summed E-state index contributed by atoms with van der Waals surface area (Å²) in [5.41, 5.74) is 21.4. The van der Waals surface area contributed by atoms with Gasteiger partial charge in [-0.05, 0) is 143 Å². The highest BCUT2D eigenvalue weighted by atomic mass is 15.1. The number of benzene rings is 12. The molecule has 12 aromatic carbocycles. The largest absolute Gasteiger partial charge is 0.310 e. The van der Waals surface area contributed by atoms with Crippen LogP contribution in [0, 0.1) is 0 Å². The fraction of sp³-hybridized carbons (Fsp3) is 0.0286. The van der Waals surface area contributed by atoms with Gasteiger partial charge in [0.1, 0.15) is 0 Å². The van der Waals surface area contributed by atoms with Crippen molar-refractivity contribution in [3.8, 4) is 66.8 Å². The van der Waals surface area contributed by atoms with Crippen LogP contribution in [0.15, 0.2) is 279 Å². The first-order chi connectivity index (χ1) is 35.1. The Morgan fingerprint density at radius 3 is 1.39 bits per heavy atom. The molecule has 1 nitrogen and oxygen atoms in total. The van der Waals surface area contributed by atoms with Crippen molar-refractivity contribution in [2.45, 2.75) is 12.3 Å². The lowest BCUT2D eigenvalue weighted by atomic mass is 9.74. The van der Waals surface area contributed by atoms with Crippen LogP contribution in [0.1, 0.15) is 23.6 Å². The van der Waals surface area contributed by atoms with E-state index >= 15 is 0 Å². The second-order valence-electron chi connectivity index (χ2n) is 18.9. The van der Waals surface area contributed by atoms with Crippen LogP contribution in [-0.4, -0.2) is 0 Å². The Kier molecular flexibility index (Phi) is 10.4. The smallest absolute Gasteiger partial charge is 0.0540 e. The van der Waals surface area contributed by atoms with Crippen LogP contribution in [0.2, 0.25) is 0 Å². The zero-order chi connectivity index (χ0) is 47.3. The van der Waals surface area contributed by atoms with E-state index in [0.29, 0.717) is 0 Å². The number of nitrogens with zero attached hydrogens (tertiary/aromatic N) is 1. The molecule has 0 aliphatic heterocycles. The van der Waals surface area contributed by atoms with E-state index in [2.05, 4.69) is 291 Å². The highest BCUT2D eigenvalue weighted by molar-refractivity contribution is 6.22. The van der Waals surface area contributed by atoms with Crippen LogP contribution < -0.4 is 4.90 Å². The molecule has 0 N–H and O–H groups in total. The van der Waals surface area contributed by atoms with Gasteiger partial charge in [0, 0.05) is 22.4 Å². The fourth-order valence-electron chi connectivity index (χ4n) is 11.6. The zero-order valence-electron chi connectivity index (χ0n) is 39.5. The number of hydrogen-bond donors (Lipinski definition) is 0. The number of hydrogen-bond acceptors (Lipinski definition) is 1. The standard InChI is InChI=1S/C70H49N/c1-70(53-31-15-6-16-32-53)65-37-21-19-35-60(65)63-47-55(41-44-66(63)70)71(54-40-43-56(48-23-7-2-8-24-48)62(46-54)49-25-9-3-10-26-49)67-38-22-20-33-57(67)52-39-42-59-58-34-17-18-36-61(58)68(50-27-11-4-12-28-50)69(64(59)45-52)51-29-13-5-14-30-51/h2-47H,1H3. The maximum atomic E-state index is 2.50. The zero-order valence-corrected chi connectivity index (χ0v) is 39.5. The van der Waals surface area contributed by atoms with Crippen LogP contribution in [0.4, 0.5) is 17.1 Å². The van der Waals surface area contributed by atoms with Crippen LogP contribution in [0.3, 0.4) is 0 Å². The van der Waals surface area contributed by atoms with Crippen LogP contribution >= 0.6 is 0 Å². The van der Waals surface area contributed by atoms with E-state index in [9.17, 15) is 0 Å². The third kappa shape index (κ3) is 7.08. The first-order valence-electron chi connectivity index (χ1n) is 24.7. The van der Waals surface area contributed by atoms with Crippen molar-refractivity contribution >= 4 is 38.6 Å². The van der Waals surface area contributed by atoms with E-state index in [-0.39, 0.29) is 5.41 Å². The summed E-state index contributed by atoms with van der Waals surface area (Å²) in [6.45, 7) is 2.39. The van der Waals surface area contributed by atoms with E-state index < -0.39 is 0 Å². The number of fused-ring (bicyclic) bond motifs is 6. The van der Waals surface area contributed by atoms with E-state index in [4.69, 9.17) is 0 Å². The first-order valence-corrected chi connectivity index (χ1v) is 24.7. The molecule has 13 rings (SSSR count). The Labute approximate surface area is 416 Å². The molecule has 0 saturated heterocycles. The molecule has 0 spiro atoms. The Morgan fingerprint density at radius 1 is 0.268 bits per heavy atom. The van der Waals surface area contributed by atoms with E-state index in [0.717, 1.165) is 28.2 Å². The average molecular weight is 904 g/mol. The lowest BCUT2D eigenvalue weighted by Gasteiger charge is -2.31. The molecule has 0 saturated carbocycles. The Morgan fingerprint density at radius 2 is 0.732 bits per heavy atom. The van der Waals surface area contributed by atoms with Crippen molar-refractivity contribution in [2.24, 2.45) is 0 Å². The third-order valence-electron chi connectivity index (χ3n) is 14.9. The lowest BCUT2D eigenvalue weighted by Crippen LogP contribution is -2.22. The van der Waals surface area contributed by atoms with Crippen LogP contribution in [0.5, 0.6) is 0 Å². The molecule has 1 aliphatic carbocycles. The van der Waals surface area contributed by atoms with Gasteiger partial charge in [0.15, 0.2) is 0 Å². The number of rotatable bonds is 9. The Hall–Kier alpha value is -9.04. The summed E-state index contributed by atoms with van der Waals surface area (Å²) in [6, 6.07) is 103. The number of anilines is 3. The van der Waals surface area contributed by atoms with E-state index in [1.54, 1.807) is 0 Å². The van der Waals surface area contributed by atoms with Gasteiger partial charge in [0.25, 0.3) is 0 Å². The Bertz CT molecular complexity index is 3920. The maximum Gasteiger partial charge on any atom is 0.0540 e. The van der Waals surface area contributed by atoms with Crippen molar-refractivity contribution in [1.29, 1.82) is 0 Å². The highest BCUT2D eigenvalue weighted by Gasteiger charge is 2.41. The molecule has 0 amide bonds. The summed E-state index contributed by atoms with van der Waals surface area (Å²) in [5, 5.41) is 4.95. The minimum Gasteiger partial charge on any atom is -0.310 e. The predicted molar refractivity (Wildman–Crippen MR) is 301 cm³/mol. The second kappa shape index (κ2) is 17.5. The second-order valence-corrected chi connectivity index (χ2v) is 18.9. The first kappa shape index (κ1) is 42.1. The maximum absolute atomic E-state index is 2.50. The van der Waals surface area contributed by atoms with E-state index in [1.165, 1.54) is 93.9 Å². The van der Waals surface area contributed by atoms with Gasteiger partial charge >= 0.3 is 0 Å². The molecule has 0 aromatic heterocycles. The molecule has 0 bridgehead atoms. The van der Waals surface area contributed by atoms with Gasteiger partial charge in [-0.25, -0.2) is 0 Å². The molecule has 0 fully saturated rings. The molecule has 1 atom stereocenters. The van der Waals surface area contributed by atoms with Gasteiger partial charge in [0.05, 0.1) is 5.69 Å². The Balaban J connectivity index is 1.07. The van der Waals surface area contributed by atoms with Crippen molar-refractivity contribution in [3.63, 3.8) is 0 Å². The van der Waals surface area contributed by atoms with Gasteiger partial charge in [-0.15, -0.1) is 0 Å². The minimum absolute atomic E-state index is 0.309. The summed E-state index contributed by atoms with van der Waals surface area (Å²) in [7, 11) is 0. The summed E-state index contributed by atoms with van der Waals surface area (Å²) in [4.78, 5) is 2.50. The van der Waals surface area contributed by atoms with Gasteiger partial charge in [-0.1, -0.05) is 243 Å². The normalized spacial score (nSPS) is 13.8. The summed E-state index contributed by atoms with van der Waals surface area (Å²) in [6.07, 6.45) is 0. The highest BCUT2D eigenvalue weighted by Crippen LogP contribution is 2.55. The molecular weight excluding hydrogens is 855 g/mol. The molecule has 71 heavy (non-hydrogen) atoms. The topological polar surface area (TPSA) is 3.24 Å². The van der Waals surface area contributed by atoms with Gasteiger partial charge in [-0.3, -0.25) is 0 Å². The van der Waals surface area contributed by atoms with Crippen molar-refractivity contribution in [1.82, 2.24) is 0 Å². The summed E-state index contributed by atoms with van der Waals surface area (Å²) >= 11 is 0. The van der Waals surface area contributed by atoms with Gasteiger partial charge in [0.2, 0.25) is 0 Å². The number of para-hydroxylation sites is 1. The van der Waals surface area contributed by atoms with Gasteiger partial charge in [-0.2, -0.15) is 0 Å². The predicted octanol–water partition coefficient (Wildman–Crippen LogP) is 19.1. The average Bonchev–Trinajstić information content (AvgIpc) is 3.72. The minimum atomic E-state index is -0.309. The molecule has 1 aliphatic rings. The third-order valence-corrected chi connectivity index (χ3v) is 14.9. The van der Waals surface area contributed by atoms with Crippen molar-refractivity contribution in [3.05, 3.63) is 296 Å². The van der Waals surface area contributed by atoms with Crippen LogP contribution in [0.25, 0.3) is 88.3 Å². The van der Waals surface area contributed by atoms with E-state index in [1.807, 2.05) is 0 Å². The molecule has 0 radical (unpaired) electrons. The molecule has 1 heteroatoms. The molecule has 12 aromatic rings. The van der Waals surface area contributed by atoms with Crippen LogP contribution in [-0.2, 0) is 5.41 Å². The van der Waals surface area contributed by atoms with Gasteiger partial charge < -0.3 is 4.90 Å². The SMILES string of the molecule is CC1(c2ccccc2)c2ccccc2-c2cc(N(c3ccc(-c4ccccc4)c(-c4ccccc4)c3)c3ccccc3-c3ccc4c(c3)c(-c3ccccc3)c(-c3ccccc3)c3ccccc34)ccc21. The molecule has 334 valence electrons. The van der Waals surface area contributed by atoms with Crippen molar-refractivity contribution < 1.29 is 0 Å². The molecule has 0 heterocycles. The summed E-state index contributed by atoms with van der Waals surface area (Å²) < 4.78 is 0.